The van der Waals surface area contributed by atoms with Gasteiger partial charge in [0.15, 0.2) is 0 Å². The van der Waals surface area contributed by atoms with Crippen molar-refractivity contribution < 1.29 is 14.7 Å². The molecule has 1 atom stereocenters. The van der Waals surface area contributed by atoms with Crippen molar-refractivity contribution in [1.29, 1.82) is 0 Å². The van der Waals surface area contributed by atoms with Gasteiger partial charge in [0.25, 0.3) is 0 Å². The maximum atomic E-state index is 12.6. The molecule has 1 unspecified atom stereocenters. The summed E-state index contributed by atoms with van der Waals surface area (Å²) in [5.41, 5.74) is 0. The summed E-state index contributed by atoms with van der Waals surface area (Å²) in [6.07, 6.45) is 5.29. The zero-order chi connectivity index (χ0) is 15.1. The summed E-state index contributed by atoms with van der Waals surface area (Å²) in [6.45, 7) is 7.19. The van der Waals surface area contributed by atoms with E-state index in [0.717, 1.165) is 38.6 Å². The van der Waals surface area contributed by atoms with Gasteiger partial charge < -0.3 is 14.9 Å². The topological polar surface area (TPSA) is 60.9 Å². The quantitative estimate of drug-likeness (QED) is 0.816. The Labute approximate surface area is 121 Å². The summed E-state index contributed by atoms with van der Waals surface area (Å²) in [6, 6.07) is 0.184. The van der Waals surface area contributed by atoms with Crippen LogP contribution in [0.25, 0.3) is 0 Å². The number of carbonyl (C=O) groups excluding carboxylic acids is 1. The number of likely N-dealkylation sites (tertiary alicyclic amines) is 1. The molecule has 0 aromatic heterocycles. The molecule has 5 nitrogen and oxygen atoms in total. The molecule has 0 aromatic rings. The molecule has 0 radical (unpaired) electrons. The molecular formula is C15H28N2O3. The summed E-state index contributed by atoms with van der Waals surface area (Å²) in [7, 11) is 0. The minimum absolute atomic E-state index is 0.0979. The Morgan fingerprint density at radius 2 is 2.05 bits per heavy atom. The standard InChI is InChI=1S/C15H28N2O3/c1-4-7-13-8-5-6-9-17(13)15(20)16(10-12(2)3)11-14(18)19/h12-13H,4-11H2,1-3H3,(H,18,19). The predicted octanol–water partition coefficient (Wildman–Crippen LogP) is 2.80. The Hall–Kier alpha value is -1.26. The summed E-state index contributed by atoms with van der Waals surface area (Å²) in [5, 5.41) is 9.00. The second-order valence-electron chi connectivity index (χ2n) is 6.08. The average Bonchev–Trinajstić information content (AvgIpc) is 2.37. The van der Waals surface area contributed by atoms with Crippen molar-refractivity contribution >= 4 is 12.0 Å². The van der Waals surface area contributed by atoms with Crippen molar-refractivity contribution in [2.75, 3.05) is 19.6 Å². The molecule has 0 bridgehead atoms. The third-order valence-electron chi connectivity index (χ3n) is 3.68. The van der Waals surface area contributed by atoms with Gasteiger partial charge in [-0.05, 0) is 31.6 Å². The third kappa shape index (κ3) is 5.02. The lowest BCUT2D eigenvalue weighted by molar-refractivity contribution is -0.137. The summed E-state index contributed by atoms with van der Waals surface area (Å²) in [5.74, 6) is -0.671. The molecule has 1 fully saturated rings. The van der Waals surface area contributed by atoms with Crippen LogP contribution in [-0.2, 0) is 4.79 Å². The number of carboxylic acids is 1. The highest BCUT2D eigenvalue weighted by Crippen LogP contribution is 2.22. The molecule has 1 N–H and O–H groups in total. The van der Waals surface area contributed by atoms with E-state index < -0.39 is 5.97 Å². The van der Waals surface area contributed by atoms with Gasteiger partial charge in [-0.25, -0.2) is 4.79 Å². The fourth-order valence-corrected chi connectivity index (χ4v) is 2.88. The van der Waals surface area contributed by atoms with Gasteiger partial charge >= 0.3 is 12.0 Å². The first-order valence-electron chi connectivity index (χ1n) is 7.73. The van der Waals surface area contributed by atoms with Crippen LogP contribution < -0.4 is 0 Å². The smallest absolute Gasteiger partial charge is 0.323 e. The summed E-state index contributed by atoms with van der Waals surface area (Å²) in [4.78, 5) is 27.0. The molecule has 0 aliphatic carbocycles. The van der Waals surface area contributed by atoms with Crippen LogP contribution in [0.5, 0.6) is 0 Å². The minimum atomic E-state index is -0.942. The van der Waals surface area contributed by atoms with Gasteiger partial charge in [-0.2, -0.15) is 0 Å². The number of urea groups is 1. The highest BCUT2D eigenvalue weighted by atomic mass is 16.4. The van der Waals surface area contributed by atoms with Crippen molar-refractivity contribution in [1.82, 2.24) is 9.80 Å². The van der Waals surface area contributed by atoms with E-state index in [2.05, 4.69) is 6.92 Å². The minimum Gasteiger partial charge on any atom is -0.480 e. The number of carboxylic acid groups (broad SMARTS) is 1. The van der Waals surface area contributed by atoms with E-state index in [1.54, 1.807) is 0 Å². The molecular weight excluding hydrogens is 256 g/mol. The van der Waals surface area contributed by atoms with Gasteiger partial charge in [0.05, 0.1) is 0 Å². The molecule has 5 heteroatoms. The van der Waals surface area contributed by atoms with E-state index >= 15 is 0 Å². The molecule has 1 aliphatic rings. The summed E-state index contributed by atoms with van der Waals surface area (Å²) >= 11 is 0. The molecule has 0 spiro atoms. The Morgan fingerprint density at radius 3 is 2.60 bits per heavy atom. The van der Waals surface area contributed by atoms with E-state index in [0.29, 0.717) is 6.54 Å². The van der Waals surface area contributed by atoms with Crippen LogP contribution in [0.15, 0.2) is 0 Å². The molecule has 0 aromatic carbocycles. The van der Waals surface area contributed by atoms with Crippen molar-refractivity contribution in [3.05, 3.63) is 0 Å². The number of hydrogen-bond acceptors (Lipinski definition) is 2. The zero-order valence-corrected chi connectivity index (χ0v) is 13.0. The van der Waals surface area contributed by atoms with Gasteiger partial charge in [0.1, 0.15) is 6.54 Å². The SMILES string of the molecule is CCCC1CCCCN1C(=O)N(CC(=O)O)CC(C)C. The fourth-order valence-electron chi connectivity index (χ4n) is 2.88. The Kier molecular flexibility index (Phi) is 6.82. The van der Waals surface area contributed by atoms with Crippen LogP contribution in [-0.4, -0.2) is 52.6 Å². The maximum Gasteiger partial charge on any atom is 0.323 e. The first-order valence-corrected chi connectivity index (χ1v) is 7.73. The average molecular weight is 284 g/mol. The molecule has 1 aliphatic heterocycles. The number of carbonyl (C=O) groups is 2. The van der Waals surface area contributed by atoms with E-state index in [9.17, 15) is 9.59 Å². The first-order chi connectivity index (χ1) is 9.45. The lowest BCUT2D eigenvalue weighted by atomic mass is 9.98. The predicted molar refractivity (Wildman–Crippen MR) is 78.7 cm³/mol. The van der Waals surface area contributed by atoms with Gasteiger partial charge in [-0.1, -0.05) is 27.2 Å². The van der Waals surface area contributed by atoms with Crippen LogP contribution in [0.2, 0.25) is 0 Å². The third-order valence-corrected chi connectivity index (χ3v) is 3.68. The maximum absolute atomic E-state index is 12.6. The van der Waals surface area contributed by atoms with E-state index in [1.807, 2.05) is 18.7 Å². The molecule has 2 amide bonds. The van der Waals surface area contributed by atoms with Gasteiger partial charge in [0.2, 0.25) is 0 Å². The fraction of sp³-hybridized carbons (Fsp3) is 0.867. The Morgan fingerprint density at radius 1 is 1.35 bits per heavy atom. The number of hydrogen-bond donors (Lipinski definition) is 1. The first kappa shape index (κ1) is 16.8. The van der Waals surface area contributed by atoms with Crippen LogP contribution in [0.4, 0.5) is 4.79 Å². The molecule has 116 valence electrons. The van der Waals surface area contributed by atoms with E-state index in [1.165, 1.54) is 4.90 Å². The lowest BCUT2D eigenvalue weighted by Gasteiger charge is -2.39. The molecule has 1 saturated heterocycles. The molecule has 1 rings (SSSR count). The van der Waals surface area contributed by atoms with E-state index in [-0.39, 0.29) is 24.5 Å². The zero-order valence-electron chi connectivity index (χ0n) is 13.0. The van der Waals surface area contributed by atoms with Crippen LogP contribution in [0.1, 0.15) is 52.9 Å². The lowest BCUT2D eigenvalue weighted by Crippen LogP contribution is -2.52. The largest absolute Gasteiger partial charge is 0.480 e. The van der Waals surface area contributed by atoms with Gasteiger partial charge in [-0.15, -0.1) is 0 Å². The van der Waals surface area contributed by atoms with Crippen molar-refractivity contribution in [2.24, 2.45) is 5.92 Å². The van der Waals surface area contributed by atoms with Crippen LogP contribution >= 0.6 is 0 Å². The second-order valence-corrected chi connectivity index (χ2v) is 6.08. The summed E-state index contributed by atoms with van der Waals surface area (Å²) < 4.78 is 0. The van der Waals surface area contributed by atoms with Crippen LogP contribution in [0.3, 0.4) is 0 Å². The highest BCUT2D eigenvalue weighted by molar-refractivity contribution is 5.80. The van der Waals surface area contributed by atoms with Crippen molar-refractivity contribution in [2.45, 2.75) is 58.9 Å². The second kappa shape index (κ2) is 8.12. The highest BCUT2D eigenvalue weighted by Gasteiger charge is 2.30. The number of nitrogens with zero attached hydrogens (tertiary/aromatic N) is 2. The number of rotatable bonds is 6. The van der Waals surface area contributed by atoms with Crippen molar-refractivity contribution in [3.8, 4) is 0 Å². The molecule has 0 saturated carbocycles. The Balaban J connectivity index is 2.76. The monoisotopic (exact) mass is 284 g/mol. The molecule has 20 heavy (non-hydrogen) atoms. The van der Waals surface area contributed by atoms with E-state index in [4.69, 9.17) is 5.11 Å². The normalized spacial score (nSPS) is 19.2. The van der Waals surface area contributed by atoms with Gasteiger partial charge in [0, 0.05) is 19.1 Å². The number of amides is 2. The number of aliphatic carboxylic acids is 1. The van der Waals surface area contributed by atoms with Gasteiger partial charge in [-0.3, -0.25) is 4.79 Å². The van der Waals surface area contributed by atoms with Crippen LogP contribution in [0, 0.1) is 5.92 Å². The number of piperidine rings is 1. The Bertz CT molecular complexity index is 329. The molecule has 1 heterocycles. The van der Waals surface area contributed by atoms with Crippen molar-refractivity contribution in [3.63, 3.8) is 0 Å².